The lowest BCUT2D eigenvalue weighted by Gasteiger charge is -2.28. The highest BCUT2D eigenvalue weighted by Gasteiger charge is 2.21. The van der Waals surface area contributed by atoms with E-state index in [0.29, 0.717) is 11.6 Å². The van der Waals surface area contributed by atoms with Gasteiger partial charge in [-0.05, 0) is 50.3 Å². The molecule has 0 atom stereocenters. The summed E-state index contributed by atoms with van der Waals surface area (Å²) in [6.45, 7) is 5.72. The molecule has 0 radical (unpaired) electrons. The van der Waals surface area contributed by atoms with Crippen molar-refractivity contribution in [3.63, 3.8) is 0 Å². The molecule has 0 aromatic carbocycles. The molecule has 1 N–H and O–H groups in total. The van der Waals surface area contributed by atoms with E-state index in [2.05, 4.69) is 14.9 Å². The first kappa shape index (κ1) is 12.4. The number of nitrogens with zero attached hydrogens (tertiary/aromatic N) is 3. The average molecular weight is 254 g/mol. The second-order valence-corrected chi connectivity index (χ2v) is 4.94. The number of piperidine rings is 1. The van der Waals surface area contributed by atoms with Gasteiger partial charge in [0, 0.05) is 18.5 Å². The predicted molar refractivity (Wildman–Crippen MR) is 67.1 cm³/mol. The lowest BCUT2D eigenvalue weighted by Crippen LogP contribution is -2.39. The minimum absolute atomic E-state index is 0.0137. The summed E-state index contributed by atoms with van der Waals surface area (Å²) in [5.41, 5.74) is 0.478. The molecule has 1 saturated heterocycles. The van der Waals surface area contributed by atoms with E-state index < -0.39 is 0 Å². The number of amides is 1. The first-order chi connectivity index (χ1) is 8.31. The van der Waals surface area contributed by atoms with Gasteiger partial charge in [0.25, 0.3) is 5.91 Å². The summed E-state index contributed by atoms with van der Waals surface area (Å²) in [6.07, 6.45) is 2.30. The second-order valence-electron chi connectivity index (χ2n) is 4.33. The van der Waals surface area contributed by atoms with Gasteiger partial charge in [0.1, 0.15) is 0 Å². The summed E-state index contributed by atoms with van der Waals surface area (Å²) in [4.78, 5) is 14.0. The minimum Gasteiger partial charge on any atom is -0.337 e. The van der Waals surface area contributed by atoms with E-state index in [9.17, 15) is 4.79 Å². The Balaban J connectivity index is 1.93. The Hall–Kier alpha value is -1.01. The normalized spacial score (nSPS) is 17.0. The summed E-state index contributed by atoms with van der Waals surface area (Å²) in [7, 11) is 0. The number of nitrogens with one attached hydrogen (secondary N) is 1. The Bertz CT molecular complexity index is 348. The standard InChI is InChI=1S/C11H18N4OS/c1-2-15(7-9-3-5-12-6-4-9)11(16)10-8-17-14-13-10/h8-9,12H,2-7H2,1H3. The summed E-state index contributed by atoms with van der Waals surface area (Å²) in [6, 6.07) is 0. The molecule has 2 heterocycles. The van der Waals surface area contributed by atoms with Crippen molar-refractivity contribution in [2.24, 2.45) is 5.92 Å². The van der Waals surface area contributed by atoms with Gasteiger partial charge in [-0.3, -0.25) is 4.79 Å². The van der Waals surface area contributed by atoms with Crippen LogP contribution in [0.2, 0.25) is 0 Å². The maximum absolute atomic E-state index is 12.1. The number of aromatic nitrogens is 2. The molecule has 0 bridgehead atoms. The molecule has 1 aromatic rings. The van der Waals surface area contributed by atoms with Crippen molar-refractivity contribution < 1.29 is 4.79 Å². The molecule has 2 rings (SSSR count). The lowest BCUT2D eigenvalue weighted by atomic mass is 9.97. The van der Waals surface area contributed by atoms with Crippen LogP contribution in [0.4, 0.5) is 0 Å². The smallest absolute Gasteiger partial charge is 0.275 e. The number of carbonyl (C=O) groups excluding carboxylic acids is 1. The Morgan fingerprint density at radius 3 is 2.94 bits per heavy atom. The first-order valence-electron chi connectivity index (χ1n) is 6.08. The van der Waals surface area contributed by atoms with Crippen LogP contribution in [0.25, 0.3) is 0 Å². The van der Waals surface area contributed by atoms with E-state index >= 15 is 0 Å². The number of hydrogen-bond acceptors (Lipinski definition) is 5. The molecule has 1 aliphatic rings. The third-order valence-electron chi connectivity index (χ3n) is 3.19. The summed E-state index contributed by atoms with van der Waals surface area (Å²) in [5, 5.41) is 8.90. The van der Waals surface area contributed by atoms with Crippen LogP contribution in [0.15, 0.2) is 5.38 Å². The summed E-state index contributed by atoms with van der Waals surface area (Å²) in [5.74, 6) is 0.631. The maximum Gasteiger partial charge on any atom is 0.275 e. The molecule has 1 aromatic heterocycles. The van der Waals surface area contributed by atoms with Crippen LogP contribution < -0.4 is 5.32 Å². The third kappa shape index (κ3) is 3.23. The topological polar surface area (TPSA) is 58.1 Å². The van der Waals surface area contributed by atoms with Gasteiger partial charge in [0.05, 0.1) is 0 Å². The molecule has 0 unspecified atom stereocenters. The van der Waals surface area contributed by atoms with E-state index in [1.165, 1.54) is 11.5 Å². The van der Waals surface area contributed by atoms with Crippen LogP contribution in [0.5, 0.6) is 0 Å². The van der Waals surface area contributed by atoms with Crippen molar-refractivity contribution in [1.29, 1.82) is 0 Å². The van der Waals surface area contributed by atoms with Crippen LogP contribution in [0.1, 0.15) is 30.3 Å². The van der Waals surface area contributed by atoms with Gasteiger partial charge in [-0.2, -0.15) is 0 Å². The first-order valence-corrected chi connectivity index (χ1v) is 6.92. The monoisotopic (exact) mass is 254 g/mol. The van der Waals surface area contributed by atoms with Gasteiger partial charge in [-0.15, -0.1) is 5.10 Å². The van der Waals surface area contributed by atoms with Crippen LogP contribution in [0.3, 0.4) is 0 Å². The Morgan fingerprint density at radius 1 is 1.59 bits per heavy atom. The van der Waals surface area contributed by atoms with Crippen LogP contribution >= 0.6 is 11.5 Å². The van der Waals surface area contributed by atoms with Crippen molar-refractivity contribution in [3.8, 4) is 0 Å². The SMILES string of the molecule is CCN(CC1CCNCC1)C(=O)c1csnn1. The molecule has 1 amide bonds. The largest absolute Gasteiger partial charge is 0.337 e. The number of carbonyl (C=O) groups is 1. The molecule has 6 heteroatoms. The van der Waals surface area contributed by atoms with E-state index in [4.69, 9.17) is 0 Å². The van der Waals surface area contributed by atoms with E-state index in [1.54, 1.807) is 5.38 Å². The van der Waals surface area contributed by atoms with Gasteiger partial charge in [-0.1, -0.05) is 4.49 Å². The van der Waals surface area contributed by atoms with Crippen molar-refractivity contribution >= 4 is 17.4 Å². The molecule has 17 heavy (non-hydrogen) atoms. The fourth-order valence-corrected chi connectivity index (χ4v) is 2.58. The van der Waals surface area contributed by atoms with Gasteiger partial charge in [0.15, 0.2) is 5.69 Å². The highest BCUT2D eigenvalue weighted by Crippen LogP contribution is 2.15. The summed E-state index contributed by atoms with van der Waals surface area (Å²) >= 11 is 1.22. The number of rotatable bonds is 4. The number of hydrogen-bond donors (Lipinski definition) is 1. The van der Waals surface area contributed by atoms with Gasteiger partial charge < -0.3 is 10.2 Å². The third-order valence-corrected chi connectivity index (χ3v) is 3.69. The van der Waals surface area contributed by atoms with Crippen molar-refractivity contribution in [1.82, 2.24) is 19.8 Å². The van der Waals surface area contributed by atoms with Crippen molar-refractivity contribution in [3.05, 3.63) is 11.1 Å². The maximum atomic E-state index is 12.1. The van der Waals surface area contributed by atoms with Crippen molar-refractivity contribution in [2.75, 3.05) is 26.2 Å². The van der Waals surface area contributed by atoms with Crippen LogP contribution in [-0.4, -0.2) is 46.6 Å². The minimum atomic E-state index is 0.0137. The average Bonchev–Trinajstić information content (AvgIpc) is 2.90. The zero-order valence-electron chi connectivity index (χ0n) is 10.1. The second kappa shape index (κ2) is 6.07. The molecule has 0 saturated carbocycles. The zero-order chi connectivity index (χ0) is 12.1. The molecule has 1 fully saturated rings. The molecule has 0 spiro atoms. The molecule has 5 nitrogen and oxygen atoms in total. The molecule has 94 valence electrons. The molecule has 0 aliphatic carbocycles. The fraction of sp³-hybridized carbons (Fsp3) is 0.727. The highest BCUT2D eigenvalue weighted by molar-refractivity contribution is 7.03. The van der Waals surface area contributed by atoms with Crippen LogP contribution in [0, 0.1) is 5.92 Å². The molecular weight excluding hydrogens is 236 g/mol. The van der Waals surface area contributed by atoms with Gasteiger partial charge >= 0.3 is 0 Å². The van der Waals surface area contributed by atoms with E-state index in [0.717, 1.165) is 39.0 Å². The summed E-state index contributed by atoms with van der Waals surface area (Å²) < 4.78 is 3.74. The van der Waals surface area contributed by atoms with Gasteiger partial charge in [0.2, 0.25) is 0 Å². The highest BCUT2D eigenvalue weighted by atomic mass is 32.1. The molecule has 1 aliphatic heterocycles. The predicted octanol–water partition coefficient (Wildman–Crippen LogP) is 1.000. The van der Waals surface area contributed by atoms with Gasteiger partial charge in [-0.25, -0.2) is 0 Å². The quantitative estimate of drug-likeness (QED) is 0.871. The Morgan fingerprint density at radius 2 is 2.35 bits per heavy atom. The Labute approximate surface area is 105 Å². The lowest BCUT2D eigenvalue weighted by molar-refractivity contribution is 0.0721. The Kier molecular flexibility index (Phi) is 4.44. The zero-order valence-corrected chi connectivity index (χ0v) is 10.9. The van der Waals surface area contributed by atoms with Crippen LogP contribution in [-0.2, 0) is 0 Å². The molecular formula is C11H18N4OS. The van der Waals surface area contributed by atoms with Crippen molar-refractivity contribution in [2.45, 2.75) is 19.8 Å². The van der Waals surface area contributed by atoms with E-state index in [-0.39, 0.29) is 5.91 Å². The van der Waals surface area contributed by atoms with E-state index in [1.807, 2.05) is 11.8 Å². The fourth-order valence-electron chi connectivity index (χ4n) is 2.15.